The molecule has 2 rings (SSSR count). The molecule has 0 atom stereocenters. The highest BCUT2D eigenvalue weighted by molar-refractivity contribution is 5.92. The monoisotopic (exact) mass is 268 g/mol. The minimum Gasteiger partial charge on any atom is -0.476 e. The van der Waals surface area contributed by atoms with Crippen molar-refractivity contribution in [3.63, 3.8) is 0 Å². The maximum atomic E-state index is 13.7. The number of hydrogen-bond donors (Lipinski definition) is 2. The number of benzene rings is 1. The molecule has 7 heteroatoms. The maximum absolute atomic E-state index is 13.7. The molecule has 0 aliphatic heterocycles. The van der Waals surface area contributed by atoms with Gasteiger partial charge in [-0.15, -0.1) is 0 Å². The molecule has 1 aromatic carbocycles. The Balaban J connectivity index is 2.72. The lowest BCUT2D eigenvalue weighted by Gasteiger charge is -2.07. The van der Waals surface area contributed by atoms with Crippen LogP contribution in [0.4, 0.5) is 18.9 Å². The number of carboxylic acids is 1. The van der Waals surface area contributed by atoms with Crippen LogP contribution in [0.3, 0.4) is 0 Å². The average Bonchev–Trinajstić information content (AvgIpc) is 2.33. The van der Waals surface area contributed by atoms with E-state index in [0.717, 1.165) is 18.2 Å². The topological polar surface area (TPSA) is 76.2 Å². The summed E-state index contributed by atoms with van der Waals surface area (Å²) in [5, 5.41) is 8.82. The number of pyridine rings is 1. The van der Waals surface area contributed by atoms with E-state index in [2.05, 4.69) is 4.98 Å². The highest BCUT2D eigenvalue weighted by Crippen LogP contribution is 2.27. The minimum absolute atomic E-state index is 0.398. The summed E-state index contributed by atoms with van der Waals surface area (Å²) >= 11 is 0. The molecule has 0 saturated heterocycles. The third-order valence-electron chi connectivity index (χ3n) is 2.41. The van der Waals surface area contributed by atoms with Crippen LogP contribution in [0.1, 0.15) is 10.5 Å². The van der Waals surface area contributed by atoms with Crippen LogP contribution in [-0.2, 0) is 0 Å². The molecule has 0 amide bonds. The number of rotatable bonds is 2. The van der Waals surface area contributed by atoms with Gasteiger partial charge in [-0.25, -0.2) is 22.9 Å². The summed E-state index contributed by atoms with van der Waals surface area (Å²) in [6.07, 6.45) is 0. The molecule has 0 radical (unpaired) electrons. The Morgan fingerprint density at radius 1 is 1.21 bits per heavy atom. The first kappa shape index (κ1) is 12.9. The molecule has 3 N–H and O–H groups in total. The van der Waals surface area contributed by atoms with Gasteiger partial charge in [0.05, 0.1) is 5.69 Å². The molecular formula is C12H7F3N2O2. The van der Waals surface area contributed by atoms with Gasteiger partial charge in [0, 0.05) is 11.6 Å². The number of nitrogen functional groups attached to an aromatic ring is 1. The van der Waals surface area contributed by atoms with Crippen molar-refractivity contribution in [2.45, 2.75) is 0 Å². The summed E-state index contributed by atoms with van der Waals surface area (Å²) in [4.78, 5) is 14.3. The maximum Gasteiger partial charge on any atom is 0.356 e. The fourth-order valence-corrected chi connectivity index (χ4v) is 1.55. The third-order valence-corrected chi connectivity index (χ3v) is 2.41. The zero-order chi connectivity index (χ0) is 14.2. The van der Waals surface area contributed by atoms with E-state index in [1.807, 2.05) is 0 Å². The van der Waals surface area contributed by atoms with Crippen molar-refractivity contribution in [2.75, 3.05) is 5.73 Å². The summed E-state index contributed by atoms with van der Waals surface area (Å²) in [5.74, 6) is -5.02. The normalized spacial score (nSPS) is 10.5. The second-order valence-electron chi connectivity index (χ2n) is 3.66. The van der Waals surface area contributed by atoms with Gasteiger partial charge >= 0.3 is 5.97 Å². The Morgan fingerprint density at radius 2 is 1.89 bits per heavy atom. The van der Waals surface area contributed by atoms with Crippen LogP contribution < -0.4 is 5.73 Å². The standard InChI is InChI=1S/C12H7F3N2O2/c13-6-3-1-2-5(9(6)15)10-7(14)4-8(16)11(17-10)12(18)19/h1-4H,16H2,(H,18,19). The number of carboxylic acid groups (broad SMARTS) is 1. The molecule has 0 bridgehead atoms. The van der Waals surface area contributed by atoms with E-state index in [-0.39, 0.29) is 0 Å². The van der Waals surface area contributed by atoms with Crippen molar-refractivity contribution < 1.29 is 23.1 Å². The van der Waals surface area contributed by atoms with Gasteiger partial charge in [-0.2, -0.15) is 0 Å². The SMILES string of the molecule is Nc1cc(F)c(-c2cccc(F)c2F)nc1C(=O)O. The van der Waals surface area contributed by atoms with Crippen molar-refractivity contribution >= 4 is 11.7 Å². The molecule has 0 unspecified atom stereocenters. The van der Waals surface area contributed by atoms with Crippen molar-refractivity contribution in [3.05, 3.63) is 47.4 Å². The van der Waals surface area contributed by atoms with Crippen LogP contribution in [-0.4, -0.2) is 16.1 Å². The zero-order valence-electron chi connectivity index (χ0n) is 9.32. The first-order valence-corrected chi connectivity index (χ1v) is 5.05. The van der Waals surface area contributed by atoms with Gasteiger partial charge in [0.15, 0.2) is 23.1 Å². The molecule has 0 spiro atoms. The second kappa shape index (κ2) is 4.60. The summed E-state index contributed by atoms with van der Waals surface area (Å²) < 4.78 is 40.3. The first-order valence-electron chi connectivity index (χ1n) is 5.05. The Kier molecular flexibility index (Phi) is 3.12. The second-order valence-corrected chi connectivity index (χ2v) is 3.66. The van der Waals surface area contributed by atoms with Gasteiger partial charge < -0.3 is 10.8 Å². The number of halogens is 3. The number of aromatic carboxylic acids is 1. The number of aromatic nitrogens is 1. The first-order chi connectivity index (χ1) is 8.91. The summed E-state index contributed by atoms with van der Waals surface area (Å²) in [5.41, 5.74) is 3.18. The molecule has 4 nitrogen and oxygen atoms in total. The van der Waals surface area contributed by atoms with Crippen LogP contribution in [0.5, 0.6) is 0 Å². The number of carbonyl (C=O) groups is 1. The van der Waals surface area contributed by atoms with E-state index in [1.54, 1.807) is 0 Å². The van der Waals surface area contributed by atoms with Crippen LogP contribution in [0.2, 0.25) is 0 Å². The molecule has 2 aromatic rings. The van der Waals surface area contributed by atoms with Gasteiger partial charge in [0.1, 0.15) is 5.69 Å². The molecule has 1 aromatic heterocycles. The van der Waals surface area contributed by atoms with Gasteiger partial charge in [0.2, 0.25) is 0 Å². The summed E-state index contributed by atoms with van der Waals surface area (Å²) in [6, 6.07) is 3.81. The quantitative estimate of drug-likeness (QED) is 0.877. The number of hydrogen-bond acceptors (Lipinski definition) is 3. The fraction of sp³-hybridized carbons (Fsp3) is 0. The van der Waals surface area contributed by atoms with E-state index in [1.165, 1.54) is 0 Å². The van der Waals surface area contributed by atoms with Crippen molar-refractivity contribution in [1.82, 2.24) is 4.98 Å². The lowest BCUT2D eigenvalue weighted by Crippen LogP contribution is -2.08. The van der Waals surface area contributed by atoms with Crippen molar-refractivity contribution in [1.29, 1.82) is 0 Å². The van der Waals surface area contributed by atoms with Crippen molar-refractivity contribution in [3.8, 4) is 11.3 Å². The molecule has 0 aliphatic carbocycles. The Labute approximate surface area is 105 Å². The largest absolute Gasteiger partial charge is 0.476 e. The van der Waals surface area contributed by atoms with Gasteiger partial charge in [0.25, 0.3) is 0 Å². The predicted molar refractivity (Wildman–Crippen MR) is 60.9 cm³/mol. The van der Waals surface area contributed by atoms with Crippen LogP contribution in [0.15, 0.2) is 24.3 Å². The summed E-state index contributed by atoms with van der Waals surface area (Å²) in [6.45, 7) is 0. The Hall–Kier alpha value is -2.57. The molecule has 19 heavy (non-hydrogen) atoms. The van der Waals surface area contributed by atoms with Crippen molar-refractivity contribution in [2.24, 2.45) is 0 Å². The Morgan fingerprint density at radius 3 is 2.53 bits per heavy atom. The molecule has 1 heterocycles. The van der Waals surface area contributed by atoms with Crippen LogP contribution in [0.25, 0.3) is 11.3 Å². The van der Waals surface area contributed by atoms with E-state index in [9.17, 15) is 18.0 Å². The lowest BCUT2D eigenvalue weighted by molar-refractivity contribution is 0.0692. The number of anilines is 1. The summed E-state index contributed by atoms with van der Waals surface area (Å²) in [7, 11) is 0. The molecule has 0 saturated carbocycles. The minimum atomic E-state index is -1.49. The smallest absolute Gasteiger partial charge is 0.356 e. The van der Waals surface area contributed by atoms with E-state index < -0.39 is 46.1 Å². The number of nitrogens with two attached hydrogens (primary N) is 1. The van der Waals surface area contributed by atoms with Gasteiger partial charge in [-0.05, 0) is 12.1 Å². The van der Waals surface area contributed by atoms with Crippen LogP contribution >= 0.6 is 0 Å². The molecule has 98 valence electrons. The van der Waals surface area contributed by atoms with Crippen LogP contribution in [0, 0.1) is 17.5 Å². The molecular weight excluding hydrogens is 261 g/mol. The Bertz CT molecular complexity index is 674. The van der Waals surface area contributed by atoms with E-state index >= 15 is 0 Å². The predicted octanol–water partition coefficient (Wildman–Crippen LogP) is 2.45. The number of nitrogens with zero attached hydrogens (tertiary/aromatic N) is 1. The van der Waals surface area contributed by atoms with E-state index in [0.29, 0.717) is 6.07 Å². The highest BCUT2D eigenvalue weighted by Gasteiger charge is 2.19. The lowest BCUT2D eigenvalue weighted by atomic mass is 10.1. The fourth-order valence-electron chi connectivity index (χ4n) is 1.55. The zero-order valence-corrected chi connectivity index (χ0v) is 9.32. The average molecular weight is 268 g/mol. The molecule has 0 aliphatic rings. The van der Waals surface area contributed by atoms with Gasteiger partial charge in [-0.1, -0.05) is 6.07 Å². The highest BCUT2D eigenvalue weighted by atomic mass is 19.2. The third kappa shape index (κ3) is 2.22. The van der Waals surface area contributed by atoms with E-state index in [4.69, 9.17) is 10.8 Å². The van der Waals surface area contributed by atoms with Gasteiger partial charge in [-0.3, -0.25) is 0 Å². The molecule has 0 fully saturated rings.